The van der Waals surface area contributed by atoms with E-state index in [1.807, 2.05) is 12.1 Å². The molecule has 1 heterocycles. The molecule has 3 heteroatoms. The molecule has 1 aromatic rings. The number of hydrogen-bond donors (Lipinski definition) is 2. The molecule has 3 N–H and O–H groups in total. The third-order valence-corrected chi connectivity index (χ3v) is 4.59. The van der Waals surface area contributed by atoms with E-state index >= 15 is 0 Å². The number of nitrogen functional groups attached to an aromatic ring is 1. The molecule has 16 heavy (non-hydrogen) atoms. The smallest absolute Gasteiger partial charge is 0.126 e. The summed E-state index contributed by atoms with van der Waals surface area (Å²) < 4.78 is 0. The van der Waals surface area contributed by atoms with Gasteiger partial charge in [-0.3, -0.25) is 0 Å². The van der Waals surface area contributed by atoms with Crippen LogP contribution >= 0.6 is 0 Å². The van der Waals surface area contributed by atoms with Crippen molar-refractivity contribution in [3.8, 4) is 0 Å². The van der Waals surface area contributed by atoms with Gasteiger partial charge in [-0.2, -0.15) is 0 Å². The lowest BCUT2D eigenvalue weighted by Gasteiger charge is -2.06. The van der Waals surface area contributed by atoms with E-state index in [2.05, 4.69) is 38.0 Å². The number of pyridine rings is 1. The van der Waals surface area contributed by atoms with Crippen molar-refractivity contribution in [1.82, 2.24) is 4.98 Å². The van der Waals surface area contributed by atoms with Crippen molar-refractivity contribution >= 4 is 11.5 Å². The molecule has 2 rings (SSSR count). The molecule has 0 atom stereocenters. The van der Waals surface area contributed by atoms with Gasteiger partial charge in [0, 0.05) is 6.54 Å². The van der Waals surface area contributed by atoms with Crippen LogP contribution in [0.1, 0.15) is 27.7 Å². The van der Waals surface area contributed by atoms with E-state index in [4.69, 9.17) is 5.73 Å². The van der Waals surface area contributed by atoms with E-state index in [1.54, 1.807) is 6.20 Å². The van der Waals surface area contributed by atoms with Crippen molar-refractivity contribution in [3.05, 3.63) is 18.3 Å². The Hall–Kier alpha value is -1.25. The van der Waals surface area contributed by atoms with Crippen LogP contribution in [0, 0.1) is 16.7 Å². The van der Waals surface area contributed by atoms with Gasteiger partial charge in [-0.15, -0.1) is 0 Å². The zero-order chi connectivity index (χ0) is 12.0. The second-order valence-electron chi connectivity index (χ2n) is 5.85. The number of nitrogens with one attached hydrogen (secondary N) is 1. The van der Waals surface area contributed by atoms with Gasteiger partial charge in [0.2, 0.25) is 0 Å². The van der Waals surface area contributed by atoms with Gasteiger partial charge in [0.05, 0.1) is 11.9 Å². The largest absolute Gasteiger partial charge is 0.397 e. The lowest BCUT2D eigenvalue weighted by atomic mass is 10.0. The summed E-state index contributed by atoms with van der Waals surface area (Å²) in [5.74, 6) is 1.62. The molecule has 88 valence electrons. The molecule has 0 aromatic carbocycles. The minimum atomic E-state index is 0.424. The van der Waals surface area contributed by atoms with Gasteiger partial charge in [-0.05, 0) is 28.9 Å². The summed E-state index contributed by atoms with van der Waals surface area (Å²) in [6.07, 6.45) is 1.69. The monoisotopic (exact) mass is 219 g/mol. The van der Waals surface area contributed by atoms with Crippen LogP contribution in [0.5, 0.6) is 0 Å². The van der Waals surface area contributed by atoms with E-state index in [-0.39, 0.29) is 0 Å². The van der Waals surface area contributed by atoms with Crippen LogP contribution in [0.2, 0.25) is 0 Å². The van der Waals surface area contributed by atoms with E-state index in [9.17, 15) is 0 Å². The standard InChI is InChI=1S/C13H21N3/c1-12(2)10(13(12,3)4)8-16-11-6-5-9(14)7-15-11/h5-7,10H,8,14H2,1-4H3,(H,15,16). The number of nitrogens with two attached hydrogens (primary N) is 1. The number of anilines is 2. The average molecular weight is 219 g/mol. The van der Waals surface area contributed by atoms with Gasteiger partial charge >= 0.3 is 0 Å². The van der Waals surface area contributed by atoms with Crippen molar-refractivity contribution < 1.29 is 0 Å². The van der Waals surface area contributed by atoms with Crippen LogP contribution < -0.4 is 11.1 Å². The lowest BCUT2D eigenvalue weighted by molar-refractivity contribution is 0.457. The van der Waals surface area contributed by atoms with Crippen LogP contribution in [-0.2, 0) is 0 Å². The van der Waals surface area contributed by atoms with Crippen LogP contribution in [0.4, 0.5) is 11.5 Å². The maximum atomic E-state index is 5.59. The highest BCUT2D eigenvalue weighted by Crippen LogP contribution is 2.68. The second kappa shape index (κ2) is 3.37. The normalized spacial score (nSPS) is 21.8. The maximum Gasteiger partial charge on any atom is 0.126 e. The molecule has 0 amide bonds. The van der Waals surface area contributed by atoms with Gasteiger partial charge in [-0.25, -0.2) is 4.98 Å². The minimum Gasteiger partial charge on any atom is -0.397 e. The first-order chi connectivity index (χ1) is 7.35. The van der Waals surface area contributed by atoms with Crippen LogP contribution in [-0.4, -0.2) is 11.5 Å². The molecule has 0 radical (unpaired) electrons. The fourth-order valence-corrected chi connectivity index (χ4v) is 2.56. The Morgan fingerprint density at radius 3 is 2.31 bits per heavy atom. The summed E-state index contributed by atoms with van der Waals surface area (Å²) in [5, 5.41) is 3.38. The van der Waals surface area contributed by atoms with Crippen molar-refractivity contribution in [2.45, 2.75) is 27.7 Å². The fourth-order valence-electron chi connectivity index (χ4n) is 2.56. The first-order valence-electron chi connectivity index (χ1n) is 5.81. The van der Waals surface area contributed by atoms with Gasteiger partial charge in [0.25, 0.3) is 0 Å². The molecule has 0 bridgehead atoms. The van der Waals surface area contributed by atoms with Gasteiger partial charge in [0.15, 0.2) is 0 Å². The molecule has 1 aliphatic rings. The molecule has 0 aliphatic heterocycles. The van der Waals surface area contributed by atoms with Crippen LogP contribution in [0.3, 0.4) is 0 Å². The molecular weight excluding hydrogens is 198 g/mol. The zero-order valence-electron chi connectivity index (χ0n) is 10.5. The highest BCUT2D eigenvalue weighted by molar-refractivity contribution is 5.44. The third kappa shape index (κ3) is 1.64. The summed E-state index contributed by atoms with van der Waals surface area (Å²) in [5.41, 5.74) is 7.15. The van der Waals surface area contributed by atoms with Gasteiger partial charge in [-0.1, -0.05) is 27.7 Å². The van der Waals surface area contributed by atoms with E-state index in [1.165, 1.54) is 0 Å². The fraction of sp³-hybridized carbons (Fsp3) is 0.615. The molecule has 0 saturated heterocycles. The molecule has 0 unspecified atom stereocenters. The van der Waals surface area contributed by atoms with Crippen molar-refractivity contribution in [3.63, 3.8) is 0 Å². The number of aromatic nitrogens is 1. The average Bonchev–Trinajstić information content (AvgIpc) is 2.58. The highest BCUT2D eigenvalue weighted by atomic mass is 15.0. The predicted molar refractivity (Wildman–Crippen MR) is 68.2 cm³/mol. The number of nitrogens with zero attached hydrogens (tertiary/aromatic N) is 1. The summed E-state index contributed by atoms with van der Waals surface area (Å²) in [4.78, 5) is 4.24. The maximum absolute atomic E-state index is 5.59. The molecule has 1 aliphatic carbocycles. The molecule has 1 aromatic heterocycles. The second-order valence-corrected chi connectivity index (χ2v) is 5.85. The van der Waals surface area contributed by atoms with Crippen LogP contribution in [0.25, 0.3) is 0 Å². The molecule has 1 saturated carbocycles. The Labute approximate surface area is 97.5 Å². The quantitative estimate of drug-likeness (QED) is 0.822. The van der Waals surface area contributed by atoms with E-state index in [0.717, 1.165) is 12.4 Å². The molecule has 3 nitrogen and oxygen atoms in total. The summed E-state index contributed by atoms with van der Waals surface area (Å²) in [6, 6.07) is 3.80. The Morgan fingerprint density at radius 1 is 1.25 bits per heavy atom. The Kier molecular flexibility index (Phi) is 2.37. The van der Waals surface area contributed by atoms with E-state index in [0.29, 0.717) is 22.4 Å². The minimum absolute atomic E-state index is 0.424. The van der Waals surface area contributed by atoms with E-state index < -0.39 is 0 Å². The van der Waals surface area contributed by atoms with Crippen molar-refractivity contribution in [2.75, 3.05) is 17.6 Å². The SMILES string of the molecule is CC1(C)C(CNc2ccc(N)cn2)C1(C)C. The molecular formula is C13H21N3. The van der Waals surface area contributed by atoms with Crippen molar-refractivity contribution in [2.24, 2.45) is 16.7 Å². The lowest BCUT2D eigenvalue weighted by Crippen LogP contribution is -2.09. The zero-order valence-corrected chi connectivity index (χ0v) is 10.5. The summed E-state index contributed by atoms with van der Waals surface area (Å²) >= 11 is 0. The highest BCUT2D eigenvalue weighted by Gasteiger charge is 2.64. The molecule has 0 spiro atoms. The summed E-state index contributed by atoms with van der Waals surface area (Å²) in [7, 11) is 0. The molecule has 1 fully saturated rings. The number of hydrogen-bond acceptors (Lipinski definition) is 3. The Morgan fingerprint density at radius 2 is 1.88 bits per heavy atom. The number of rotatable bonds is 3. The topological polar surface area (TPSA) is 50.9 Å². The first-order valence-corrected chi connectivity index (χ1v) is 5.81. The van der Waals surface area contributed by atoms with Gasteiger partial charge in [0.1, 0.15) is 5.82 Å². The Bertz CT molecular complexity index is 365. The Balaban J connectivity index is 1.93. The summed E-state index contributed by atoms with van der Waals surface area (Å²) in [6.45, 7) is 10.3. The van der Waals surface area contributed by atoms with Crippen molar-refractivity contribution in [1.29, 1.82) is 0 Å². The van der Waals surface area contributed by atoms with Gasteiger partial charge < -0.3 is 11.1 Å². The predicted octanol–water partition coefficient (Wildman–Crippen LogP) is 2.76. The first kappa shape index (κ1) is 11.2. The third-order valence-electron chi connectivity index (χ3n) is 4.59. The van der Waals surface area contributed by atoms with Crippen LogP contribution in [0.15, 0.2) is 18.3 Å².